The molecule has 5 N–H and O–H groups in total. The van der Waals surface area contributed by atoms with Crippen molar-refractivity contribution in [3.63, 3.8) is 0 Å². The highest BCUT2D eigenvalue weighted by atomic mass is 31.2. The SMILES string of the molecule is CCCCCCCCCCCCCCCCOCCCOP(=O)(O)OC[C@H]1O[C@@](C=NC)(c2ccc3c(N)ncnn23)[C@H](O)[C@@H]1O. The van der Waals surface area contributed by atoms with Gasteiger partial charge in [-0.2, -0.15) is 5.10 Å². The molecule has 13 nitrogen and oxygen atoms in total. The number of aromatic nitrogens is 3. The maximum Gasteiger partial charge on any atom is 0.472 e. The molecule has 2 aromatic rings. The number of phosphoric acid groups is 1. The molecule has 14 heteroatoms. The Hall–Kier alpha value is -1.96. The average molecular weight is 670 g/mol. The molecule has 0 bridgehead atoms. The van der Waals surface area contributed by atoms with E-state index in [-0.39, 0.29) is 12.4 Å². The van der Waals surface area contributed by atoms with Crippen LogP contribution in [0.5, 0.6) is 0 Å². The lowest BCUT2D eigenvalue weighted by molar-refractivity contribution is -0.0539. The van der Waals surface area contributed by atoms with Crippen LogP contribution in [0.4, 0.5) is 5.82 Å². The summed E-state index contributed by atoms with van der Waals surface area (Å²) in [4.78, 5) is 18.2. The molecule has 3 heterocycles. The van der Waals surface area contributed by atoms with E-state index in [4.69, 9.17) is 24.3 Å². The number of hydrogen-bond acceptors (Lipinski definition) is 11. The molecule has 0 amide bonds. The lowest BCUT2D eigenvalue weighted by atomic mass is 9.92. The van der Waals surface area contributed by atoms with Crippen LogP contribution in [0.1, 0.15) is 109 Å². The highest BCUT2D eigenvalue weighted by molar-refractivity contribution is 7.47. The first-order chi connectivity index (χ1) is 22.3. The van der Waals surface area contributed by atoms with Gasteiger partial charge < -0.3 is 30.3 Å². The van der Waals surface area contributed by atoms with E-state index in [0.29, 0.717) is 30.8 Å². The van der Waals surface area contributed by atoms with Gasteiger partial charge in [-0.25, -0.2) is 14.1 Å². The molecule has 1 saturated heterocycles. The highest BCUT2D eigenvalue weighted by Crippen LogP contribution is 2.46. The van der Waals surface area contributed by atoms with E-state index in [1.165, 1.54) is 101 Å². The third kappa shape index (κ3) is 11.6. The van der Waals surface area contributed by atoms with Crippen molar-refractivity contribution >= 4 is 25.4 Å². The molecule has 0 radical (unpaired) electrons. The van der Waals surface area contributed by atoms with Gasteiger partial charge in [0, 0.05) is 26.5 Å². The number of aliphatic hydroxyl groups is 2. The lowest BCUT2D eigenvalue weighted by Gasteiger charge is -2.27. The number of nitrogens with zero attached hydrogens (tertiary/aromatic N) is 4. The summed E-state index contributed by atoms with van der Waals surface area (Å²) in [6.07, 6.45) is 17.2. The number of fused-ring (bicyclic) bond motifs is 1. The van der Waals surface area contributed by atoms with Gasteiger partial charge >= 0.3 is 7.82 Å². The number of ether oxygens (including phenoxy) is 2. The van der Waals surface area contributed by atoms with Crippen LogP contribution in [-0.2, 0) is 28.7 Å². The lowest BCUT2D eigenvalue weighted by Crippen LogP contribution is -2.43. The van der Waals surface area contributed by atoms with Crippen LogP contribution in [0.15, 0.2) is 23.5 Å². The standard InChI is InChI=1S/C32H56N5O8P/c1-3-4-5-6-7-8-9-10-11-12-13-14-15-16-20-42-21-17-22-43-46(40,41)44-23-27-29(38)30(39)32(45-27,24-34-2)28-19-18-26-31(33)35-25-36-37(26)28/h18-19,24-25,27,29-30,38-39H,3-17,20-23H2,1-2H3,(H,40,41)(H2,33,35,36)/t27-,29-,30-,32+/m1/s1. The van der Waals surface area contributed by atoms with Crippen LogP contribution in [0.25, 0.3) is 5.52 Å². The largest absolute Gasteiger partial charge is 0.472 e. The van der Waals surface area contributed by atoms with E-state index in [9.17, 15) is 19.7 Å². The summed E-state index contributed by atoms with van der Waals surface area (Å²) in [5, 5.41) is 26.0. The van der Waals surface area contributed by atoms with Gasteiger partial charge in [0.2, 0.25) is 0 Å². The molecule has 1 fully saturated rings. The Morgan fingerprint density at radius 3 is 2.20 bits per heavy atom. The van der Waals surface area contributed by atoms with Crippen molar-refractivity contribution in [2.75, 3.05) is 39.2 Å². The zero-order valence-electron chi connectivity index (χ0n) is 27.7. The third-order valence-corrected chi connectivity index (χ3v) is 9.41. The normalized spacial score (nSPS) is 23.1. The molecule has 262 valence electrons. The summed E-state index contributed by atoms with van der Waals surface area (Å²) in [7, 11) is -2.96. The topological polar surface area (TPSA) is 183 Å². The van der Waals surface area contributed by atoms with Crippen molar-refractivity contribution in [3.8, 4) is 0 Å². The fourth-order valence-corrected chi connectivity index (χ4v) is 6.62. The number of anilines is 1. The second kappa shape index (κ2) is 20.4. The van der Waals surface area contributed by atoms with Crippen molar-refractivity contribution in [2.24, 2.45) is 4.99 Å². The Morgan fingerprint density at radius 1 is 0.957 bits per heavy atom. The molecule has 46 heavy (non-hydrogen) atoms. The number of rotatable bonds is 25. The first kappa shape index (κ1) is 38.5. The minimum atomic E-state index is -4.45. The van der Waals surface area contributed by atoms with E-state index in [1.807, 2.05) is 0 Å². The number of nitrogen functional groups attached to an aromatic ring is 1. The Bertz CT molecular complexity index is 1220. The quantitative estimate of drug-likeness (QED) is 0.0607. The predicted molar refractivity (Wildman–Crippen MR) is 178 cm³/mol. The minimum Gasteiger partial charge on any atom is -0.387 e. The number of aliphatic imine (C=N–C) groups is 1. The summed E-state index contributed by atoms with van der Waals surface area (Å²) >= 11 is 0. The first-order valence-electron chi connectivity index (χ1n) is 17.0. The van der Waals surface area contributed by atoms with Gasteiger partial charge in [-0.3, -0.25) is 14.0 Å². The molecule has 2 aromatic heterocycles. The van der Waals surface area contributed by atoms with E-state index in [1.54, 1.807) is 12.1 Å². The summed E-state index contributed by atoms with van der Waals surface area (Å²) in [6, 6.07) is 3.28. The second-order valence-corrected chi connectivity index (χ2v) is 13.5. The van der Waals surface area contributed by atoms with Crippen molar-refractivity contribution in [2.45, 2.75) is 127 Å². The van der Waals surface area contributed by atoms with Gasteiger partial charge in [-0.1, -0.05) is 90.4 Å². The van der Waals surface area contributed by atoms with E-state index in [2.05, 4.69) is 22.0 Å². The monoisotopic (exact) mass is 669 g/mol. The van der Waals surface area contributed by atoms with E-state index in [0.717, 1.165) is 12.8 Å². The van der Waals surface area contributed by atoms with Gasteiger partial charge in [0.1, 0.15) is 30.2 Å². The highest BCUT2D eigenvalue weighted by Gasteiger charge is 2.56. The zero-order valence-corrected chi connectivity index (χ0v) is 28.6. The third-order valence-electron chi connectivity index (χ3n) is 8.42. The van der Waals surface area contributed by atoms with Gasteiger partial charge in [-0.15, -0.1) is 0 Å². The molecule has 0 spiro atoms. The smallest absolute Gasteiger partial charge is 0.387 e. The van der Waals surface area contributed by atoms with Crippen molar-refractivity contribution in [1.29, 1.82) is 0 Å². The number of hydrogen-bond donors (Lipinski definition) is 4. The maximum atomic E-state index is 12.5. The van der Waals surface area contributed by atoms with Gasteiger partial charge in [0.25, 0.3) is 0 Å². The summed E-state index contributed by atoms with van der Waals surface area (Å²) in [6.45, 7) is 2.78. The number of aliphatic hydroxyl groups excluding tert-OH is 2. The van der Waals surface area contributed by atoms with Crippen molar-refractivity contribution < 1.29 is 38.2 Å². The van der Waals surface area contributed by atoms with Gasteiger partial charge in [0.15, 0.2) is 11.4 Å². The average Bonchev–Trinajstić information content (AvgIpc) is 3.58. The predicted octanol–water partition coefficient (Wildman–Crippen LogP) is 5.35. The molecule has 5 atom stereocenters. The summed E-state index contributed by atoms with van der Waals surface area (Å²) < 4.78 is 35.8. The first-order valence-corrected chi connectivity index (χ1v) is 18.5. The molecule has 1 aliphatic heterocycles. The minimum absolute atomic E-state index is 0.0348. The van der Waals surface area contributed by atoms with Gasteiger partial charge in [-0.05, 0) is 25.0 Å². The molecular formula is C32H56N5O8P. The Morgan fingerprint density at radius 2 is 1.57 bits per heavy atom. The Labute approximate surface area is 273 Å². The van der Waals surface area contributed by atoms with Crippen LogP contribution in [0.2, 0.25) is 0 Å². The maximum absolute atomic E-state index is 12.5. The number of unbranched alkanes of at least 4 members (excludes halogenated alkanes) is 13. The van der Waals surface area contributed by atoms with E-state index >= 15 is 0 Å². The molecule has 1 unspecified atom stereocenters. The van der Waals surface area contributed by atoms with Crippen molar-refractivity contribution in [1.82, 2.24) is 14.6 Å². The number of phosphoric ester groups is 1. The zero-order chi connectivity index (χ0) is 33.3. The van der Waals surface area contributed by atoms with Crippen molar-refractivity contribution in [3.05, 3.63) is 24.2 Å². The van der Waals surface area contributed by atoms with Crippen LogP contribution < -0.4 is 5.73 Å². The Kier molecular flexibility index (Phi) is 17.1. The van der Waals surface area contributed by atoms with Crippen LogP contribution >= 0.6 is 7.82 Å². The fraction of sp³-hybridized carbons (Fsp3) is 0.781. The second-order valence-electron chi connectivity index (χ2n) is 12.1. The molecular weight excluding hydrogens is 613 g/mol. The summed E-state index contributed by atoms with van der Waals surface area (Å²) in [5.41, 5.74) is 5.13. The van der Waals surface area contributed by atoms with E-state index < -0.39 is 38.3 Å². The van der Waals surface area contributed by atoms with Gasteiger partial charge in [0.05, 0.1) is 18.9 Å². The molecule has 1 aliphatic rings. The molecule has 0 aliphatic carbocycles. The van der Waals surface area contributed by atoms with Crippen LogP contribution in [0, 0.1) is 0 Å². The van der Waals surface area contributed by atoms with Crippen LogP contribution in [-0.4, -0.2) is 87.7 Å². The molecule has 0 aromatic carbocycles. The molecule has 0 saturated carbocycles. The fourth-order valence-electron chi connectivity index (χ4n) is 5.85. The number of nitrogens with two attached hydrogens (primary N) is 1. The molecule has 3 rings (SSSR count). The summed E-state index contributed by atoms with van der Waals surface area (Å²) in [5.74, 6) is 0.219. The van der Waals surface area contributed by atoms with Crippen LogP contribution in [0.3, 0.4) is 0 Å². The Balaban J connectivity index is 1.26.